The van der Waals surface area contributed by atoms with E-state index in [-0.39, 0.29) is 12.5 Å². The fourth-order valence-electron chi connectivity index (χ4n) is 3.15. The number of hydrogen-bond donors (Lipinski definition) is 2. The first-order valence-corrected chi connectivity index (χ1v) is 9.16. The lowest BCUT2D eigenvalue weighted by Gasteiger charge is -2.33. The molecule has 1 aliphatic rings. The van der Waals surface area contributed by atoms with E-state index in [0.717, 1.165) is 11.3 Å². The van der Waals surface area contributed by atoms with Gasteiger partial charge in [-0.15, -0.1) is 0 Å². The molecule has 3 aromatic rings. The topological polar surface area (TPSA) is 98.3 Å². The number of anilines is 3. The van der Waals surface area contributed by atoms with Crippen LogP contribution >= 0.6 is 0 Å². The van der Waals surface area contributed by atoms with Crippen molar-refractivity contribution in [1.29, 1.82) is 0 Å². The van der Waals surface area contributed by atoms with Crippen molar-refractivity contribution in [3.8, 4) is 5.88 Å². The molecule has 0 spiro atoms. The largest absolute Gasteiger partial charge is 0.481 e. The zero-order chi connectivity index (χ0) is 20.3. The van der Waals surface area contributed by atoms with Crippen LogP contribution in [0.25, 0.3) is 0 Å². The van der Waals surface area contributed by atoms with Gasteiger partial charge in [0.25, 0.3) is 0 Å². The van der Waals surface area contributed by atoms with Crippen LogP contribution in [0.2, 0.25) is 0 Å². The zero-order valence-corrected chi connectivity index (χ0v) is 16.2. The summed E-state index contributed by atoms with van der Waals surface area (Å²) >= 11 is 0. The van der Waals surface area contributed by atoms with Crippen LogP contribution in [-0.4, -0.2) is 34.6 Å². The number of nitrogens with zero attached hydrogens (tertiary/aromatic N) is 3. The van der Waals surface area contributed by atoms with Crippen LogP contribution in [0.4, 0.5) is 17.3 Å². The maximum absolute atomic E-state index is 13.1. The number of fused-ring (bicyclic) bond motifs is 1. The summed E-state index contributed by atoms with van der Waals surface area (Å²) in [6.07, 6.45) is 3.25. The Morgan fingerprint density at radius 2 is 1.93 bits per heavy atom. The van der Waals surface area contributed by atoms with Crippen molar-refractivity contribution in [3.63, 3.8) is 0 Å². The number of aromatic nitrogens is 3. The van der Waals surface area contributed by atoms with Crippen LogP contribution in [0.1, 0.15) is 18.2 Å². The maximum atomic E-state index is 13.1. The SMILES string of the molecule is COc1ccc(NC(=O)C2(C)COCc3cnc(Nc4ccccc4)nc32)cn1. The van der Waals surface area contributed by atoms with E-state index in [1.54, 1.807) is 31.6 Å². The molecule has 0 aliphatic carbocycles. The minimum atomic E-state index is -0.969. The van der Waals surface area contributed by atoms with Gasteiger partial charge >= 0.3 is 0 Å². The third-order valence-electron chi connectivity index (χ3n) is 4.77. The summed E-state index contributed by atoms with van der Waals surface area (Å²) in [7, 11) is 1.54. The normalized spacial score (nSPS) is 17.9. The highest BCUT2D eigenvalue weighted by atomic mass is 16.5. The Hall–Kier alpha value is -3.52. The average molecular weight is 391 g/mol. The van der Waals surface area contributed by atoms with Crippen molar-refractivity contribution in [2.45, 2.75) is 18.9 Å². The highest BCUT2D eigenvalue weighted by molar-refractivity contribution is 5.99. The third-order valence-corrected chi connectivity index (χ3v) is 4.77. The molecule has 148 valence electrons. The molecule has 1 amide bonds. The lowest BCUT2D eigenvalue weighted by atomic mass is 9.82. The minimum absolute atomic E-state index is 0.219. The number of rotatable bonds is 5. The number of benzene rings is 1. The molecule has 3 heterocycles. The van der Waals surface area contributed by atoms with E-state index < -0.39 is 5.41 Å². The Morgan fingerprint density at radius 3 is 2.66 bits per heavy atom. The minimum Gasteiger partial charge on any atom is -0.481 e. The molecular weight excluding hydrogens is 370 g/mol. The fraction of sp³-hybridized carbons (Fsp3) is 0.238. The molecule has 1 aliphatic heterocycles. The molecule has 0 saturated carbocycles. The van der Waals surface area contributed by atoms with Crippen molar-refractivity contribution in [3.05, 3.63) is 66.1 Å². The number of carbonyl (C=O) groups excluding carboxylic acids is 1. The Kier molecular flexibility index (Phi) is 5.09. The molecule has 1 atom stereocenters. The second kappa shape index (κ2) is 7.84. The number of carbonyl (C=O) groups is 1. The summed E-state index contributed by atoms with van der Waals surface area (Å²) < 4.78 is 10.7. The Bertz CT molecular complexity index is 1010. The predicted molar refractivity (Wildman–Crippen MR) is 108 cm³/mol. The van der Waals surface area contributed by atoms with Gasteiger partial charge in [-0.05, 0) is 25.1 Å². The summed E-state index contributed by atoms with van der Waals surface area (Å²) in [5, 5.41) is 6.07. The van der Waals surface area contributed by atoms with Crippen LogP contribution in [0.15, 0.2) is 54.9 Å². The molecule has 2 aromatic heterocycles. The molecule has 0 fully saturated rings. The third kappa shape index (κ3) is 3.88. The van der Waals surface area contributed by atoms with E-state index in [9.17, 15) is 4.79 Å². The van der Waals surface area contributed by atoms with Gasteiger partial charge in [-0.25, -0.2) is 15.0 Å². The highest BCUT2D eigenvalue weighted by Gasteiger charge is 2.42. The molecule has 0 radical (unpaired) electrons. The number of amides is 1. The van der Waals surface area contributed by atoms with E-state index in [2.05, 4.69) is 25.6 Å². The fourth-order valence-corrected chi connectivity index (χ4v) is 3.15. The van der Waals surface area contributed by atoms with Crippen molar-refractivity contribution < 1.29 is 14.3 Å². The van der Waals surface area contributed by atoms with Crippen molar-refractivity contribution in [2.75, 3.05) is 24.4 Å². The monoisotopic (exact) mass is 391 g/mol. The first-order valence-electron chi connectivity index (χ1n) is 9.16. The van der Waals surface area contributed by atoms with Gasteiger partial charge in [0, 0.05) is 23.5 Å². The number of methoxy groups -OCH3 is 1. The Morgan fingerprint density at radius 1 is 1.10 bits per heavy atom. The Balaban J connectivity index is 1.60. The van der Waals surface area contributed by atoms with E-state index in [0.29, 0.717) is 29.8 Å². The lowest BCUT2D eigenvalue weighted by Crippen LogP contribution is -2.45. The number of pyridine rings is 1. The van der Waals surface area contributed by atoms with Gasteiger partial charge in [0.05, 0.1) is 37.9 Å². The summed E-state index contributed by atoms with van der Waals surface area (Å²) in [6.45, 7) is 2.40. The molecule has 8 heteroatoms. The molecule has 8 nitrogen and oxygen atoms in total. The zero-order valence-electron chi connectivity index (χ0n) is 16.2. The maximum Gasteiger partial charge on any atom is 0.238 e. The van der Waals surface area contributed by atoms with Crippen LogP contribution in [-0.2, 0) is 21.6 Å². The summed E-state index contributed by atoms with van der Waals surface area (Å²) in [5.41, 5.74) is 1.91. The van der Waals surface area contributed by atoms with E-state index in [1.807, 2.05) is 37.3 Å². The molecular formula is C21H21N5O3. The molecule has 4 rings (SSSR count). The molecule has 0 saturated heterocycles. The summed E-state index contributed by atoms with van der Waals surface area (Å²) in [4.78, 5) is 26.3. The number of nitrogens with one attached hydrogen (secondary N) is 2. The van der Waals surface area contributed by atoms with Gasteiger partial charge in [0.15, 0.2) is 0 Å². The van der Waals surface area contributed by atoms with Gasteiger partial charge < -0.3 is 20.1 Å². The van der Waals surface area contributed by atoms with Crippen molar-refractivity contribution in [2.24, 2.45) is 0 Å². The van der Waals surface area contributed by atoms with E-state index in [4.69, 9.17) is 9.47 Å². The highest BCUT2D eigenvalue weighted by Crippen LogP contribution is 2.33. The first kappa shape index (κ1) is 18.8. The number of ether oxygens (including phenoxy) is 2. The van der Waals surface area contributed by atoms with Crippen LogP contribution in [0, 0.1) is 0 Å². The van der Waals surface area contributed by atoms with Gasteiger partial charge in [-0.1, -0.05) is 18.2 Å². The molecule has 0 bridgehead atoms. The lowest BCUT2D eigenvalue weighted by molar-refractivity contribution is -0.124. The second-order valence-electron chi connectivity index (χ2n) is 6.93. The van der Waals surface area contributed by atoms with E-state index >= 15 is 0 Å². The first-order chi connectivity index (χ1) is 14.1. The Labute approximate surface area is 168 Å². The van der Waals surface area contributed by atoms with Gasteiger partial charge in [-0.2, -0.15) is 0 Å². The van der Waals surface area contributed by atoms with Gasteiger partial charge in [-0.3, -0.25) is 4.79 Å². The molecule has 2 N–H and O–H groups in total. The standard InChI is InChI=1S/C21H21N5O3/c1-21(19(27)24-16-8-9-17(28-2)22-11-16)13-29-12-14-10-23-20(26-18(14)21)25-15-6-4-3-5-7-15/h3-11H,12-13H2,1-2H3,(H,24,27)(H,23,25,26). The molecule has 1 aromatic carbocycles. The van der Waals surface area contributed by atoms with Crippen molar-refractivity contribution >= 4 is 23.2 Å². The van der Waals surface area contributed by atoms with Crippen LogP contribution < -0.4 is 15.4 Å². The van der Waals surface area contributed by atoms with Gasteiger partial charge in [0.1, 0.15) is 5.41 Å². The number of para-hydroxylation sites is 1. The number of hydrogen-bond acceptors (Lipinski definition) is 7. The second-order valence-corrected chi connectivity index (χ2v) is 6.93. The smallest absolute Gasteiger partial charge is 0.238 e. The summed E-state index contributed by atoms with van der Waals surface area (Å²) in [6, 6.07) is 13.1. The van der Waals surface area contributed by atoms with Crippen molar-refractivity contribution in [1.82, 2.24) is 15.0 Å². The molecule has 1 unspecified atom stereocenters. The average Bonchev–Trinajstić information content (AvgIpc) is 2.75. The summed E-state index contributed by atoms with van der Waals surface area (Å²) in [5.74, 6) is 0.682. The molecule has 29 heavy (non-hydrogen) atoms. The van der Waals surface area contributed by atoms with Gasteiger partial charge in [0.2, 0.25) is 17.7 Å². The quantitative estimate of drug-likeness (QED) is 0.690. The van der Waals surface area contributed by atoms with Crippen LogP contribution in [0.3, 0.4) is 0 Å². The van der Waals surface area contributed by atoms with Crippen LogP contribution in [0.5, 0.6) is 5.88 Å². The predicted octanol–water partition coefficient (Wildman–Crippen LogP) is 3.05. The van der Waals surface area contributed by atoms with E-state index in [1.165, 1.54) is 0 Å².